The molecule has 1 nitrogen and oxygen atoms in total. The Kier molecular flexibility index (Phi) is 16.0. The molecule has 0 unspecified atom stereocenters. The monoisotopic (exact) mass is 355 g/mol. The maximum absolute atomic E-state index is 9.75. The van der Waals surface area contributed by atoms with Gasteiger partial charge in [0, 0.05) is 33.2 Å². The summed E-state index contributed by atoms with van der Waals surface area (Å²) < 4.78 is 39.0. The molecule has 0 radical (unpaired) electrons. The Balaban J connectivity index is -0.000000282. The minimum atomic E-state index is -6.00. The van der Waals surface area contributed by atoms with E-state index in [1.54, 1.807) is 0 Å². The summed E-state index contributed by atoms with van der Waals surface area (Å²) in [5.74, 6) is 0. The summed E-state index contributed by atoms with van der Waals surface area (Å²) in [5.41, 5.74) is 1.18. The first-order valence-electron chi connectivity index (χ1n) is 4.85. The van der Waals surface area contributed by atoms with Crippen LogP contribution in [0.5, 0.6) is 0 Å². The fraction of sp³-hybridized carbons (Fsp3) is 0.273. The van der Waals surface area contributed by atoms with Gasteiger partial charge in [-0.1, -0.05) is 37.3 Å². The van der Waals surface area contributed by atoms with Gasteiger partial charge in [0.2, 0.25) is 0 Å². The van der Waals surface area contributed by atoms with E-state index in [1.807, 2.05) is 24.4 Å². The summed E-state index contributed by atoms with van der Waals surface area (Å²) in [6.45, 7) is 3.05. The molecule has 1 aromatic carbocycles. The molecule has 0 spiro atoms. The van der Waals surface area contributed by atoms with E-state index < -0.39 is 7.25 Å². The number of benzene rings is 1. The van der Waals surface area contributed by atoms with Crippen LogP contribution in [0.1, 0.15) is 18.9 Å². The Morgan fingerprint density at radius 1 is 1.11 bits per heavy atom. The van der Waals surface area contributed by atoms with Gasteiger partial charge in [-0.05, 0) is 12.0 Å². The second kappa shape index (κ2) is 12.8. The standard InChI is InChI=1S/C10H13N.CH3.BF4.Pd/c1-2-8-11-9-10-6-4-3-5-7-10;;2-1(3,4)5;/h3-7,9H,2,8H2,1H3;1H3;;/q;2*-1;. The third-order valence-electron chi connectivity index (χ3n) is 1.39. The minimum absolute atomic E-state index is 0. The summed E-state index contributed by atoms with van der Waals surface area (Å²) in [6.07, 6.45) is 3.03. The van der Waals surface area contributed by atoms with Gasteiger partial charge in [-0.2, -0.15) is 0 Å². The average molecular weight is 355 g/mol. The first-order chi connectivity index (χ1) is 7.43. The van der Waals surface area contributed by atoms with Gasteiger partial charge >= 0.3 is 7.25 Å². The smallest absolute Gasteiger partial charge is 0.418 e. The Labute approximate surface area is 119 Å². The fourth-order valence-electron chi connectivity index (χ4n) is 0.838. The van der Waals surface area contributed by atoms with Crippen molar-refractivity contribution in [3.8, 4) is 0 Å². The summed E-state index contributed by atoms with van der Waals surface area (Å²) in [6, 6.07) is 10.2. The molecule has 1 aromatic rings. The molecular formula is C11H16BF4NPd-2. The molecule has 0 atom stereocenters. The van der Waals surface area contributed by atoms with Crippen LogP contribution in [0.3, 0.4) is 0 Å². The Hall–Kier alpha value is -0.663. The van der Waals surface area contributed by atoms with Gasteiger partial charge in [-0.25, -0.2) is 0 Å². The first kappa shape index (κ1) is 22.5. The molecule has 7 heteroatoms. The Bertz CT molecular complexity index is 298. The Morgan fingerprint density at radius 2 is 1.56 bits per heavy atom. The van der Waals surface area contributed by atoms with Crippen LogP contribution in [0, 0.1) is 7.43 Å². The second-order valence-electron chi connectivity index (χ2n) is 2.94. The van der Waals surface area contributed by atoms with Crippen LogP contribution in [-0.4, -0.2) is 20.0 Å². The van der Waals surface area contributed by atoms with Gasteiger partial charge in [-0.15, -0.1) is 0 Å². The van der Waals surface area contributed by atoms with Gasteiger partial charge in [0.05, 0.1) is 0 Å². The summed E-state index contributed by atoms with van der Waals surface area (Å²) in [5, 5.41) is 0. The van der Waals surface area contributed by atoms with Crippen molar-refractivity contribution in [2.45, 2.75) is 13.3 Å². The second-order valence-corrected chi connectivity index (χ2v) is 2.94. The molecule has 0 fully saturated rings. The maximum atomic E-state index is 9.75. The van der Waals surface area contributed by atoms with Gasteiger partial charge in [0.25, 0.3) is 0 Å². The van der Waals surface area contributed by atoms with Crippen LogP contribution in [-0.2, 0) is 20.4 Å². The minimum Gasteiger partial charge on any atom is -0.418 e. The number of nitrogens with zero attached hydrogens (tertiary/aromatic N) is 1. The van der Waals surface area contributed by atoms with E-state index in [1.165, 1.54) is 5.56 Å². The van der Waals surface area contributed by atoms with E-state index in [9.17, 15) is 17.3 Å². The molecule has 0 N–H and O–H groups in total. The van der Waals surface area contributed by atoms with Crippen molar-refractivity contribution in [3.63, 3.8) is 0 Å². The number of hydrogen-bond donors (Lipinski definition) is 0. The van der Waals surface area contributed by atoms with E-state index in [0.29, 0.717) is 0 Å². The first-order valence-corrected chi connectivity index (χ1v) is 4.85. The zero-order valence-corrected chi connectivity index (χ0v) is 11.8. The Morgan fingerprint density at radius 3 is 1.94 bits per heavy atom. The van der Waals surface area contributed by atoms with Gasteiger partial charge < -0.3 is 24.7 Å². The van der Waals surface area contributed by atoms with Crippen LogP contribution in [0.4, 0.5) is 17.3 Å². The number of rotatable bonds is 3. The number of halogens is 4. The van der Waals surface area contributed by atoms with Crippen molar-refractivity contribution in [3.05, 3.63) is 43.3 Å². The van der Waals surface area contributed by atoms with E-state index in [4.69, 9.17) is 0 Å². The van der Waals surface area contributed by atoms with Crippen molar-refractivity contribution >= 4 is 13.5 Å². The van der Waals surface area contributed by atoms with Crippen LogP contribution in [0.2, 0.25) is 0 Å². The SMILES string of the molecule is CCCN=Cc1ccccc1.F[B-](F)(F)F.[CH3-].[Pd]. The largest absolute Gasteiger partial charge is 0.673 e. The van der Waals surface area contributed by atoms with Crippen molar-refractivity contribution in [2.24, 2.45) is 4.99 Å². The molecule has 0 saturated carbocycles. The summed E-state index contributed by atoms with van der Waals surface area (Å²) in [4.78, 5) is 4.24. The predicted molar refractivity (Wildman–Crippen MR) is 65.8 cm³/mol. The third kappa shape index (κ3) is 20.7. The van der Waals surface area contributed by atoms with Crippen LogP contribution in [0.25, 0.3) is 0 Å². The van der Waals surface area contributed by atoms with E-state index >= 15 is 0 Å². The van der Waals surface area contributed by atoms with Crippen LogP contribution < -0.4 is 0 Å². The topological polar surface area (TPSA) is 12.4 Å². The van der Waals surface area contributed by atoms with Gasteiger partial charge in [-0.3, -0.25) is 4.99 Å². The zero-order chi connectivity index (χ0) is 12.4. The molecule has 1 rings (SSSR count). The van der Waals surface area contributed by atoms with Crippen LogP contribution >= 0.6 is 0 Å². The van der Waals surface area contributed by atoms with Gasteiger partial charge in [0.15, 0.2) is 0 Å². The molecule has 18 heavy (non-hydrogen) atoms. The van der Waals surface area contributed by atoms with Crippen molar-refractivity contribution < 1.29 is 37.7 Å². The average Bonchev–Trinajstić information content (AvgIpc) is 2.17. The third-order valence-corrected chi connectivity index (χ3v) is 1.39. The van der Waals surface area contributed by atoms with Crippen LogP contribution in [0.15, 0.2) is 35.3 Å². The number of aliphatic imine (C=N–C) groups is 1. The van der Waals surface area contributed by atoms with Crippen molar-refractivity contribution in [1.29, 1.82) is 0 Å². The zero-order valence-electron chi connectivity index (χ0n) is 10.2. The molecule has 108 valence electrons. The molecule has 0 heterocycles. The fourth-order valence-corrected chi connectivity index (χ4v) is 0.838. The molecule has 0 aliphatic carbocycles. The van der Waals surface area contributed by atoms with Crippen molar-refractivity contribution in [1.82, 2.24) is 0 Å². The summed E-state index contributed by atoms with van der Waals surface area (Å²) >= 11 is 0. The van der Waals surface area contributed by atoms with E-state index in [2.05, 4.69) is 24.0 Å². The predicted octanol–water partition coefficient (Wildman–Crippen LogP) is 4.26. The molecular weight excluding hydrogens is 339 g/mol. The molecule has 0 aliphatic rings. The maximum Gasteiger partial charge on any atom is 0.673 e. The molecule has 0 amide bonds. The van der Waals surface area contributed by atoms with Gasteiger partial charge in [0.1, 0.15) is 0 Å². The van der Waals surface area contributed by atoms with E-state index in [0.717, 1.165) is 13.0 Å². The molecule has 0 aromatic heterocycles. The normalized spacial score (nSPS) is 9.83. The van der Waals surface area contributed by atoms with Crippen molar-refractivity contribution in [2.75, 3.05) is 6.54 Å². The molecule has 0 saturated heterocycles. The molecule has 0 aliphatic heterocycles. The van der Waals surface area contributed by atoms with E-state index in [-0.39, 0.29) is 27.8 Å². The molecule has 0 bridgehead atoms. The number of hydrogen-bond acceptors (Lipinski definition) is 1. The quantitative estimate of drug-likeness (QED) is 0.332. The summed E-state index contributed by atoms with van der Waals surface area (Å²) in [7, 11) is -6.00.